The number of rotatable bonds is 16. The van der Waals surface area contributed by atoms with Crippen LogP contribution in [0.3, 0.4) is 0 Å². The van der Waals surface area contributed by atoms with E-state index in [0.29, 0.717) is 46.4 Å². The number of benzene rings is 4. The Morgan fingerprint density at radius 1 is 0.755 bits per heavy atom. The van der Waals surface area contributed by atoms with Crippen molar-refractivity contribution in [2.75, 3.05) is 13.1 Å². The van der Waals surface area contributed by atoms with Gasteiger partial charge in [0.2, 0.25) is 6.10 Å². The van der Waals surface area contributed by atoms with Gasteiger partial charge in [0.15, 0.2) is 40.2 Å². The standard InChI is InChI=1S/C40H43NO12/c1-3-5-6-8-23(18-37(49)53-39(40(51)52)30(21-41-4-2)26-16-35(47)38(50)36(48)17-26)29-20-34(46)32(44)15-25(29)12-11-24-14-31(43)33(45)19-28(24)22-9-7-10-27(42)13-22/h7,9-20,30,39,41-48,50H,3-6,8,21H2,1-2H3,(H,51,52)/t30-,39-/m1/s1. The smallest absolute Gasteiger partial charge is 0.345 e. The predicted octanol–water partition coefficient (Wildman–Crippen LogP) is 6.52. The number of phenolic OH excluding ortho intramolecular Hbond substituents is 8. The molecule has 0 aromatic heterocycles. The van der Waals surface area contributed by atoms with Crippen LogP contribution in [0.15, 0.2) is 66.7 Å². The van der Waals surface area contributed by atoms with Crippen molar-refractivity contribution in [1.29, 1.82) is 0 Å². The van der Waals surface area contributed by atoms with Gasteiger partial charge in [-0.1, -0.05) is 51.0 Å². The number of nitrogens with one attached hydrogen (secondary N) is 1. The molecule has 0 aliphatic rings. The summed E-state index contributed by atoms with van der Waals surface area (Å²) in [4.78, 5) is 26.1. The molecule has 0 saturated carbocycles. The zero-order valence-electron chi connectivity index (χ0n) is 29.2. The molecular weight excluding hydrogens is 686 g/mol. The second-order valence-electron chi connectivity index (χ2n) is 12.4. The molecule has 4 rings (SSSR count). The van der Waals surface area contributed by atoms with E-state index in [2.05, 4.69) is 5.32 Å². The van der Waals surface area contributed by atoms with Crippen LogP contribution in [0.2, 0.25) is 0 Å². The lowest BCUT2D eigenvalue weighted by molar-refractivity contribution is -0.162. The summed E-state index contributed by atoms with van der Waals surface area (Å²) in [6, 6.07) is 13.6. The Balaban J connectivity index is 1.79. The summed E-state index contributed by atoms with van der Waals surface area (Å²) >= 11 is 0. The van der Waals surface area contributed by atoms with E-state index in [4.69, 9.17) is 4.74 Å². The van der Waals surface area contributed by atoms with E-state index in [1.54, 1.807) is 31.2 Å². The van der Waals surface area contributed by atoms with Crippen LogP contribution < -0.4 is 5.32 Å². The van der Waals surface area contributed by atoms with Crippen molar-refractivity contribution in [3.05, 3.63) is 89.0 Å². The van der Waals surface area contributed by atoms with Crippen LogP contribution in [0.25, 0.3) is 28.9 Å². The van der Waals surface area contributed by atoms with Gasteiger partial charge in [0, 0.05) is 18.5 Å². The first-order valence-electron chi connectivity index (χ1n) is 16.9. The lowest BCUT2D eigenvalue weighted by Gasteiger charge is -2.25. The summed E-state index contributed by atoms with van der Waals surface area (Å²) in [7, 11) is 0. The van der Waals surface area contributed by atoms with Crippen LogP contribution in [-0.4, -0.2) is 77.1 Å². The minimum Gasteiger partial charge on any atom is -0.508 e. The highest BCUT2D eigenvalue weighted by Gasteiger charge is 2.34. The summed E-state index contributed by atoms with van der Waals surface area (Å²) in [5, 5.41) is 95.0. The van der Waals surface area contributed by atoms with Gasteiger partial charge in [-0.25, -0.2) is 9.59 Å². The molecule has 0 unspecified atom stereocenters. The molecule has 0 fully saturated rings. The average Bonchev–Trinajstić information content (AvgIpc) is 3.11. The van der Waals surface area contributed by atoms with Gasteiger partial charge < -0.3 is 56.0 Å². The van der Waals surface area contributed by atoms with Gasteiger partial charge in [-0.05, 0) is 107 Å². The van der Waals surface area contributed by atoms with Crippen LogP contribution in [0.1, 0.15) is 67.7 Å². The summed E-state index contributed by atoms with van der Waals surface area (Å²) in [6.45, 7) is 4.12. The Morgan fingerprint density at radius 2 is 1.38 bits per heavy atom. The van der Waals surface area contributed by atoms with E-state index in [-0.39, 0.29) is 24.3 Å². The molecule has 0 saturated heterocycles. The minimum absolute atomic E-state index is 0.0260. The van der Waals surface area contributed by atoms with E-state index in [1.807, 2.05) is 6.92 Å². The summed E-state index contributed by atoms with van der Waals surface area (Å²) in [5.74, 6) is -7.66. The highest BCUT2D eigenvalue weighted by Crippen LogP contribution is 2.40. The number of likely N-dealkylation sites (N-methyl/N-ethyl adjacent to an activating group) is 1. The Bertz CT molecular complexity index is 2000. The molecule has 10 N–H and O–H groups in total. The van der Waals surface area contributed by atoms with Crippen molar-refractivity contribution < 1.29 is 60.3 Å². The Morgan fingerprint density at radius 3 is 2.00 bits per heavy atom. The van der Waals surface area contributed by atoms with Crippen LogP contribution in [0.5, 0.6) is 46.0 Å². The van der Waals surface area contributed by atoms with Gasteiger partial charge in [0.05, 0.1) is 0 Å². The first-order chi connectivity index (χ1) is 25.2. The third kappa shape index (κ3) is 9.92. The monoisotopic (exact) mass is 729 g/mol. The van der Waals surface area contributed by atoms with E-state index >= 15 is 0 Å². The number of carboxylic acids is 1. The third-order valence-corrected chi connectivity index (χ3v) is 8.57. The molecule has 0 radical (unpaired) electrons. The van der Waals surface area contributed by atoms with Gasteiger partial charge in [-0.15, -0.1) is 0 Å². The SMILES string of the molecule is CCCCCC(=CC(=O)O[C@@H](C(=O)O)[C@H](CNCC)c1cc(O)c(O)c(O)c1)c1cc(O)c(O)cc1C=Cc1cc(O)c(O)cc1-c1cccc(O)c1. The molecule has 0 spiro atoms. The number of ether oxygens (including phenoxy) is 1. The maximum atomic E-state index is 13.6. The number of aliphatic carboxylic acids is 1. The number of allylic oxidation sites excluding steroid dienone is 1. The number of carboxylic acid groups (broad SMARTS) is 1. The number of aromatic hydroxyl groups is 8. The molecule has 13 nitrogen and oxygen atoms in total. The Kier molecular flexibility index (Phi) is 13.2. The Hall–Kier alpha value is -6.34. The molecule has 280 valence electrons. The molecule has 4 aromatic carbocycles. The number of phenols is 8. The topological polar surface area (TPSA) is 237 Å². The first kappa shape index (κ1) is 39.4. The largest absolute Gasteiger partial charge is 0.508 e. The number of carbonyl (C=O) groups excluding carboxylic acids is 1. The number of unbranched alkanes of at least 4 members (excludes halogenated alkanes) is 2. The fourth-order valence-electron chi connectivity index (χ4n) is 5.84. The number of hydrogen-bond donors (Lipinski definition) is 10. The normalized spacial score (nSPS) is 12.8. The summed E-state index contributed by atoms with van der Waals surface area (Å²) in [6.07, 6.45) is 4.88. The van der Waals surface area contributed by atoms with E-state index < -0.39 is 64.2 Å². The zero-order valence-corrected chi connectivity index (χ0v) is 29.2. The van der Waals surface area contributed by atoms with Crippen LogP contribution in [-0.2, 0) is 14.3 Å². The quantitative estimate of drug-likeness (QED) is 0.0195. The Labute approximate surface area is 305 Å². The van der Waals surface area contributed by atoms with Gasteiger partial charge >= 0.3 is 11.9 Å². The van der Waals surface area contributed by atoms with Crippen molar-refractivity contribution in [1.82, 2.24) is 5.32 Å². The third-order valence-electron chi connectivity index (χ3n) is 8.57. The molecule has 0 aliphatic carbocycles. The number of hydrogen-bond acceptors (Lipinski definition) is 12. The lowest BCUT2D eigenvalue weighted by Crippen LogP contribution is -2.38. The first-order valence-corrected chi connectivity index (χ1v) is 16.9. The van der Waals surface area contributed by atoms with Crippen molar-refractivity contribution in [3.8, 4) is 57.1 Å². The fourth-order valence-corrected chi connectivity index (χ4v) is 5.84. The fraction of sp³-hybridized carbons (Fsp3) is 0.250. The van der Waals surface area contributed by atoms with Crippen molar-refractivity contribution in [2.45, 2.75) is 51.6 Å². The van der Waals surface area contributed by atoms with Gasteiger partial charge in [0.1, 0.15) is 5.75 Å². The summed E-state index contributed by atoms with van der Waals surface area (Å²) < 4.78 is 5.53. The molecule has 2 atom stereocenters. The maximum Gasteiger partial charge on any atom is 0.345 e. The second-order valence-corrected chi connectivity index (χ2v) is 12.4. The molecule has 13 heteroatoms. The van der Waals surface area contributed by atoms with Gasteiger partial charge in [-0.2, -0.15) is 0 Å². The molecule has 0 amide bonds. The summed E-state index contributed by atoms with van der Waals surface area (Å²) in [5.41, 5.74) is 2.41. The van der Waals surface area contributed by atoms with Crippen LogP contribution >= 0.6 is 0 Å². The van der Waals surface area contributed by atoms with Crippen LogP contribution in [0, 0.1) is 0 Å². The van der Waals surface area contributed by atoms with Crippen molar-refractivity contribution in [2.24, 2.45) is 0 Å². The predicted molar refractivity (Wildman–Crippen MR) is 198 cm³/mol. The van der Waals surface area contributed by atoms with E-state index in [9.17, 15) is 55.5 Å². The van der Waals surface area contributed by atoms with E-state index in [0.717, 1.165) is 31.1 Å². The van der Waals surface area contributed by atoms with Gasteiger partial charge in [0.25, 0.3) is 0 Å². The molecule has 53 heavy (non-hydrogen) atoms. The second kappa shape index (κ2) is 17.7. The van der Waals surface area contributed by atoms with Crippen LogP contribution in [0.4, 0.5) is 0 Å². The highest BCUT2D eigenvalue weighted by molar-refractivity contribution is 5.95. The molecule has 0 aliphatic heterocycles. The molecule has 0 heterocycles. The molecular formula is C40H43NO12. The molecule has 0 bridgehead atoms. The number of esters is 1. The average molecular weight is 730 g/mol. The minimum atomic E-state index is -1.82. The number of carbonyl (C=O) groups is 2. The van der Waals surface area contributed by atoms with E-state index in [1.165, 1.54) is 36.4 Å². The van der Waals surface area contributed by atoms with Crippen molar-refractivity contribution >= 4 is 29.7 Å². The molecule has 4 aromatic rings. The van der Waals surface area contributed by atoms with Crippen molar-refractivity contribution in [3.63, 3.8) is 0 Å². The lowest BCUT2D eigenvalue weighted by atomic mass is 9.91. The zero-order chi connectivity index (χ0) is 38.8. The van der Waals surface area contributed by atoms with Gasteiger partial charge in [-0.3, -0.25) is 0 Å². The highest BCUT2D eigenvalue weighted by atomic mass is 16.6. The maximum absolute atomic E-state index is 13.6.